The molecule has 100 valence electrons. The molecule has 0 fully saturated rings. The second-order valence-corrected chi connectivity index (χ2v) is 4.94. The summed E-state index contributed by atoms with van der Waals surface area (Å²) in [5.74, 6) is 1.42. The molecule has 2 N–H and O–H groups in total. The van der Waals surface area contributed by atoms with Crippen LogP contribution in [-0.4, -0.2) is 34.5 Å². The van der Waals surface area contributed by atoms with Gasteiger partial charge in [0.05, 0.1) is 12.3 Å². The van der Waals surface area contributed by atoms with E-state index in [1.165, 1.54) is 11.8 Å². The van der Waals surface area contributed by atoms with Gasteiger partial charge < -0.3 is 19.2 Å². The first-order valence-electron chi connectivity index (χ1n) is 5.79. The number of hydrogen-bond acceptors (Lipinski definition) is 6. The monoisotopic (exact) mass is 279 g/mol. The predicted octanol–water partition coefficient (Wildman–Crippen LogP) is 0.834. The van der Waals surface area contributed by atoms with Gasteiger partial charge in [-0.15, -0.1) is 0 Å². The van der Waals surface area contributed by atoms with E-state index in [2.05, 4.69) is 4.98 Å². The fraction of sp³-hybridized carbons (Fsp3) is 0.250. The van der Waals surface area contributed by atoms with E-state index in [1.807, 2.05) is 6.92 Å². The van der Waals surface area contributed by atoms with Gasteiger partial charge in [-0.25, -0.2) is 4.98 Å². The van der Waals surface area contributed by atoms with E-state index < -0.39 is 7.12 Å². The van der Waals surface area contributed by atoms with E-state index in [0.29, 0.717) is 23.0 Å². The van der Waals surface area contributed by atoms with Crippen LogP contribution in [-0.2, 0) is 0 Å². The summed E-state index contributed by atoms with van der Waals surface area (Å²) in [5.41, 5.74) is 1.30. The van der Waals surface area contributed by atoms with Crippen LogP contribution in [0.25, 0.3) is 0 Å². The molecule has 1 heterocycles. The van der Waals surface area contributed by atoms with Gasteiger partial charge in [-0.2, -0.15) is 0 Å². The van der Waals surface area contributed by atoms with Crippen molar-refractivity contribution in [1.29, 1.82) is 0 Å². The highest BCUT2D eigenvalue weighted by molar-refractivity contribution is 7.99. The van der Waals surface area contributed by atoms with Gasteiger partial charge in [-0.05, 0) is 24.5 Å². The number of thioether (sulfide) groups is 1. The number of hydrogen-bond donors (Lipinski definition) is 2. The van der Waals surface area contributed by atoms with E-state index >= 15 is 0 Å². The standard InChI is InChI=1S/C12H14BNO4S/c1-9-8-18-12(14-9)19-7-6-17-11-4-2-10(3-5-11)13(15)16/h2-5,8,15-16H,6-7H2,1H3. The summed E-state index contributed by atoms with van der Waals surface area (Å²) in [4.78, 5) is 4.17. The van der Waals surface area contributed by atoms with Gasteiger partial charge in [0.2, 0.25) is 0 Å². The van der Waals surface area contributed by atoms with Crippen molar-refractivity contribution in [2.75, 3.05) is 12.4 Å². The van der Waals surface area contributed by atoms with E-state index in [1.54, 1.807) is 30.5 Å². The van der Waals surface area contributed by atoms with Crippen molar-refractivity contribution in [3.05, 3.63) is 36.2 Å². The molecule has 0 amide bonds. The second-order valence-electron chi connectivity index (χ2n) is 3.89. The Morgan fingerprint density at radius 1 is 1.32 bits per heavy atom. The van der Waals surface area contributed by atoms with Crippen molar-refractivity contribution in [1.82, 2.24) is 4.98 Å². The van der Waals surface area contributed by atoms with Gasteiger partial charge in [0.25, 0.3) is 5.22 Å². The predicted molar refractivity (Wildman–Crippen MR) is 73.7 cm³/mol. The fourth-order valence-electron chi connectivity index (χ4n) is 1.42. The third-order valence-corrected chi connectivity index (χ3v) is 3.16. The first kappa shape index (κ1) is 14.0. The molecule has 2 aromatic rings. The van der Waals surface area contributed by atoms with Crippen LogP contribution in [0.1, 0.15) is 5.69 Å². The molecule has 0 bridgehead atoms. The van der Waals surface area contributed by atoms with Crippen molar-refractivity contribution in [3.63, 3.8) is 0 Å². The summed E-state index contributed by atoms with van der Waals surface area (Å²) >= 11 is 1.49. The third kappa shape index (κ3) is 4.31. The number of benzene rings is 1. The minimum absolute atomic E-state index is 0.442. The number of ether oxygens (including phenoxy) is 1. The molecule has 0 aliphatic heterocycles. The molecule has 0 aliphatic rings. The number of oxazole rings is 1. The summed E-state index contributed by atoms with van der Waals surface area (Å²) < 4.78 is 10.7. The van der Waals surface area contributed by atoms with Crippen LogP contribution in [0.3, 0.4) is 0 Å². The Morgan fingerprint density at radius 2 is 2.05 bits per heavy atom. The molecule has 7 heteroatoms. The number of nitrogens with zero attached hydrogens (tertiary/aromatic N) is 1. The molecular formula is C12H14BNO4S. The van der Waals surface area contributed by atoms with Crippen LogP contribution in [0.4, 0.5) is 0 Å². The summed E-state index contributed by atoms with van der Waals surface area (Å²) in [7, 11) is -1.45. The number of aromatic nitrogens is 1. The van der Waals surface area contributed by atoms with Crippen LogP contribution in [0.5, 0.6) is 5.75 Å². The minimum atomic E-state index is -1.45. The van der Waals surface area contributed by atoms with Crippen LogP contribution < -0.4 is 10.2 Å². The van der Waals surface area contributed by atoms with E-state index in [4.69, 9.17) is 19.2 Å². The van der Waals surface area contributed by atoms with E-state index in [0.717, 1.165) is 11.4 Å². The molecule has 19 heavy (non-hydrogen) atoms. The Kier molecular flexibility index (Phi) is 4.89. The van der Waals surface area contributed by atoms with Gasteiger partial charge in [0, 0.05) is 5.75 Å². The SMILES string of the molecule is Cc1coc(SCCOc2ccc(B(O)O)cc2)n1. The molecule has 0 radical (unpaired) electrons. The minimum Gasteiger partial charge on any atom is -0.493 e. The zero-order chi connectivity index (χ0) is 13.7. The third-order valence-electron chi connectivity index (χ3n) is 2.35. The first-order chi connectivity index (χ1) is 9.15. The van der Waals surface area contributed by atoms with Crippen LogP contribution >= 0.6 is 11.8 Å². The average Bonchev–Trinajstić information content (AvgIpc) is 2.81. The maximum atomic E-state index is 8.95. The van der Waals surface area contributed by atoms with Crippen molar-refractivity contribution < 1.29 is 19.2 Å². The molecular weight excluding hydrogens is 265 g/mol. The zero-order valence-corrected chi connectivity index (χ0v) is 11.3. The lowest BCUT2D eigenvalue weighted by atomic mass is 9.80. The largest absolute Gasteiger partial charge is 0.493 e. The fourth-order valence-corrected chi connectivity index (χ4v) is 2.09. The number of aryl methyl sites for hydroxylation is 1. The molecule has 0 unspecified atom stereocenters. The van der Waals surface area contributed by atoms with Gasteiger partial charge in [0.15, 0.2) is 0 Å². The van der Waals surface area contributed by atoms with E-state index in [-0.39, 0.29) is 0 Å². The molecule has 2 rings (SSSR count). The second kappa shape index (κ2) is 6.65. The Bertz CT molecular complexity index is 515. The molecule has 0 aliphatic carbocycles. The lowest BCUT2D eigenvalue weighted by molar-refractivity contribution is 0.343. The lowest BCUT2D eigenvalue weighted by Crippen LogP contribution is -2.29. The molecule has 1 aromatic heterocycles. The highest BCUT2D eigenvalue weighted by Gasteiger charge is 2.09. The van der Waals surface area contributed by atoms with Gasteiger partial charge in [-0.3, -0.25) is 0 Å². The smallest absolute Gasteiger partial charge is 0.488 e. The molecule has 5 nitrogen and oxygen atoms in total. The van der Waals surface area contributed by atoms with Crippen LogP contribution in [0, 0.1) is 6.92 Å². The van der Waals surface area contributed by atoms with Crippen LogP contribution in [0.15, 0.2) is 40.2 Å². The van der Waals surface area contributed by atoms with Gasteiger partial charge >= 0.3 is 7.12 Å². The molecule has 0 spiro atoms. The van der Waals surface area contributed by atoms with Crippen molar-refractivity contribution in [2.24, 2.45) is 0 Å². The van der Waals surface area contributed by atoms with Gasteiger partial charge in [-0.1, -0.05) is 23.9 Å². The maximum absolute atomic E-state index is 8.95. The van der Waals surface area contributed by atoms with E-state index in [9.17, 15) is 0 Å². The molecule has 0 atom stereocenters. The highest BCUT2D eigenvalue weighted by Crippen LogP contribution is 2.17. The first-order valence-corrected chi connectivity index (χ1v) is 6.77. The lowest BCUT2D eigenvalue weighted by Gasteiger charge is -2.06. The molecule has 1 aromatic carbocycles. The quantitative estimate of drug-likeness (QED) is 0.463. The van der Waals surface area contributed by atoms with Crippen molar-refractivity contribution in [3.8, 4) is 5.75 Å². The Balaban J connectivity index is 1.73. The Morgan fingerprint density at radius 3 is 2.63 bits per heavy atom. The Hall–Kier alpha value is -1.44. The van der Waals surface area contributed by atoms with Crippen LogP contribution in [0.2, 0.25) is 0 Å². The van der Waals surface area contributed by atoms with Crippen molar-refractivity contribution >= 4 is 24.3 Å². The summed E-state index contributed by atoms with van der Waals surface area (Å²) in [6.45, 7) is 2.40. The Labute approximate surface area is 115 Å². The normalized spacial score (nSPS) is 10.5. The van der Waals surface area contributed by atoms with Gasteiger partial charge in [0.1, 0.15) is 12.0 Å². The zero-order valence-electron chi connectivity index (χ0n) is 10.4. The number of rotatable bonds is 6. The average molecular weight is 279 g/mol. The summed E-state index contributed by atoms with van der Waals surface area (Å²) in [5, 5.41) is 18.5. The highest BCUT2D eigenvalue weighted by atomic mass is 32.2. The molecule has 0 saturated heterocycles. The van der Waals surface area contributed by atoms with Crippen molar-refractivity contribution in [2.45, 2.75) is 12.1 Å². The topological polar surface area (TPSA) is 75.7 Å². The summed E-state index contributed by atoms with van der Waals surface area (Å²) in [6, 6.07) is 6.64. The maximum Gasteiger partial charge on any atom is 0.488 e. The summed E-state index contributed by atoms with van der Waals surface area (Å²) in [6.07, 6.45) is 1.61. The molecule has 0 saturated carbocycles.